The first-order valence-corrected chi connectivity index (χ1v) is 5.70. The Hall–Kier alpha value is -2.03. The standard InChI is InChI=1S/C14H13NO2/c1-2-7-15-14(3-1)17-10-11-4-5-13-12(9-11)6-8-16-13/h1-5,7,9H,6,8,10H2. The average Bonchev–Trinajstić information content (AvgIpc) is 2.85. The first-order valence-electron chi connectivity index (χ1n) is 5.70. The molecule has 0 N–H and O–H groups in total. The summed E-state index contributed by atoms with van der Waals surface area (Å²) in [5.41, 5.74) is 2.42. The molecule has 1 aromatic heterocycles. The second kappa shape index (κ2) is 4.45. The molecule has 0 saturated heterocycles. The van der Waals surface area contributed by atoms with Gasteiger partial charge in [0.2, 0.25) is 5.88 Å². The highest BCUT2D eigenvalue weighted by Crippen LogP contribution is 2.26. The molecular weight excluding hydrogens is 214 g/mol. The molecule has 1 aromatic carbocycles. The molecule has 0 fully saturated rings. The molecule has 3 heteroatoms. The predicted octanol–water partition coefficient (Wildman–Crippen LogP) is 2.60. The van der Waals surface area contributed by atoms with Crippen LogP contribution in [-0.2, 0) is 13.0 Å². The van der Waals surface area contributed by atoms with E-state index in [4.69, 9.17) is 9.47 Å². The van der Waals surface area contributed by atoms with Gasteiger partial charge in [0.1, 0.15) is 12.4 Å². The van der Waals surface area contributed by atoms with E-state index in [-0.39, 0.29) is 0 Å². The Kier molecular flexibility index (Phi) is 2.66. The Morgan fingerprint density at radius 2 is 2.24 bits per heavy atom. The van der Waals surface area contributed by atoms with Crippen molar-refractivity contribution in [3.8, 4) is 11.6 Å². The van der Waals surface area contributed by atoms with Crippen molar-refractivity contribution in [3.63, 3.8) is 0 Å². The Bertz CT molecular complexity index is 511. The Morgan fingerprint density at radius 3 is 3.12 bits per heavy atom. The van der Waals surface area contributed by atoms with E-state index in [1.54, 1.807) is 6.20 Å². The van der Waals surface area contributed by atoms with Crippen molar-refractivity contribution in [1.82, 2.24) is 4.98 Å². The molecule has 17 heavy (non-hydrogen) atoms. The predicted molar refractivity (Wildman–Crippen MR) is 64.2 cm³/mol. The van der Waals surface area contributed by atoms with Gasteiger partial charge in [-0.25, -0.2) is 4.98 Å². The van der Waals surface area contributed by atoms with E-state index in [2.05, 4.69) is 11.1 Å². The van der Waals surface area contributed by atoms with Gasteiger partial charge in [-0.3, -0.25) is 0 Å². The van der Waals surface area contributed by atoms with E-state index in [1.807, 2.05) is 30.3 Å². The first kappa shape index (κ1) is 10.1. The minimum Gasteiger partial charge on any atom is -0.493 e. The topological polar surface area (TPSA) is 31.4 Å². The zero-order chi connectivity index (χ0) is 11.5. The molecule has 0 amide bonds. The van der Waals surface area contributed by atoms with Gasteiger partial charge in [0.25, 0.3) is 0 Å². The molecule has 0 unspecified atom stereocenters. The monoisotopic (exact) mass is 227 g/mol. The molecule has 1 aliphatic heterocycles. The first-order chi connectivity index (χ1) is 8.42. The SMILES string of the molecule is c1ccc(OCc2ccc3c(c2)CCO3)nc1. The Morgan fingerprint density at radius 1 is 1.24 bits per heavy atom. The highest BCUT2D eigenvalue weighted by atomic mass is 16.5. The molecule has 0 spiro atoms. The van der Waals surface area contributed by atoms with Crippen LogP contribution >= 0.6 is 0 Å². The minimum atomic E-state index is 0.546. The number of hydrogen-bond acceptors (Lipinski definition) is 3. The van der Waals surface area contributed by atoms with Crippen molar-refractivity contribution in [2.24, 2.45) is 0 Å². The van der Waals surface area contributed by atoms with E-state index < -0.39 is 0 Å². The molecule has 0 bridgehead atoms. The van der Waals surface area contributed by atoms with Crippen LogP contribution in [0.1, 0.15) is 11.1 Å². The quantitative estimate of drug-likeness (QED) is 0.807. The van der Waals surface area contributed by atoms with E-state index in [0.29, 0.717) is 12.5 Å². The molecule has 86 valence electrons. The van der Waals surface area contributed by atoms with Gasteiger partial charge in [0.15, 0.2) is 0 Å². The zero-order valence-electron chi connectivity index (χ0n) is 9.43. The Balaban J connectivity index is 1.70. The summed E-state index contributed by atoms with van der Waals surface area (Å²) in [5, 5.41) is 0. The number of benzene rings is 1. The van der Waals surface area contributed by atoms with Crippen LogP contribution in [0, 0.1) is 0 Å². The lowest BCUT2D eigenvalue weighted by Crippen LogP contribution is -1.97. The van der Waals surface area contributed by atoms with Crippen LogP contribution in [-0.4, -0.2) is 11.6 Å². The lowest BCUT2D eigenvalue weighted by atomic mass is 10.1. The number of hydrogen-bond donors (Lipinski definition) is 0. The normalized spacial score (nSPS) is 12.9. The average molecular weight is 227 g/mol. The lowest BCUT2D eigenvalue weighted by molar-refractivity contribution is 0.294. The lowest BCUT2D eigenvalue weighted by Gasteiger charge is -2.06. The summed E-state index contributed by atoms with van der Waals surface area (Å²) in [6.45, 7) is 1.34. The molecule has 1 aliphatic rings. The molecule has 3 nitrogen and oxygen atoms in total. The van der Waals surface area contributed by atoms with Crippen LogP contribution in [0.2, 0.25) is 0 Å². The van der Waals surface area contributed by atoms with Crippen LogP contribution < -0.4 is 9.47 Å². The number of ether oxygens (including phenoxy) is 2. The summed E-state index contributed by atoms with van der Waals surface area (Å²) >= 11 is 0. The van der Waals surface area contributed by atoms with E-state index in [1.165, 1.54) is 5.56 Å². The van der Waals surface area contributed by atoms with Gasteiger partial charge in [-0.05, 0) is 29.3 Å². The van der Waals surface area contributed by atoms with Gasteiger partial charge < -0.3 is 9.47 Å². The second-order valence-corrected chi connectivity index (χ2v) is 4.00. The molecule has 0 saturated carbocycles. The van der Waals surface area contributed by atoms with Crippen molar-refractivity contribution in [2.75, 3.05) is 6.61 Å². The van der Waals surface area contributed by atoms with Gasteiger partial charge in [-0.1, -0.05) is 12.1 Å². The highest BCUT2D eigenvalue weighted by Gasteiger charge is 2.11. The summed E-state index contributed by atoms with van der Waals surface area (Å²) < 4.78 is 11.1. The van der Waals surface area contributed by atoms with Gasteiger partial charge in [0, 0.05) is 18.7 Å². The van der Waals surface area contributed by atoms with Gasteiger partial charge in [-0.2, -0.15) is 0 Å². The van der Waals surface area contributed by atoms with Crippen molar-refractivity contribution in [1.29, 1.82) is 0 Å². The fraction of sp³-hybridized carbons (Fsp3) is 0.214. The zero-order valence-corrected chi connectivity index (χ0v) is 9.43. The minimum absolute atomic E-state index is 0.546. The second-order valence-electron chi connectivity index (χ2n) is 4.00. The van der Waals surface area contributed by atoms with Crippen molar-refractivity contribution >= 4 is 0 Å². The number of pyridine rings is 1. The summed E-state index contributed by atoms with van der Waals surface area (Å²) in [7, 11) is 0. The molecule has 2 heterocycles. The molecule has 0 aliphatic carbocycles. The summed E-state index contributed by atoms with van der Waals surface area (Å²) in [6, 6.07) is 11.8. The van der Waals surface area contributed by atoms with Gasteiger partial charge >= 0.3 is 0 Å². The van der Waals surface area contributed by atoms with E-state index >= 15 is 0 Å². The van der Waals surface area contributed by atoms with Crippen LogP contribution in [0.3, 0.4) is 0 Å². The molecular formula is C14H13NO2. The van der Waals surface area contributed by atoms with Gasteiger partial charge in [0.05, 0.1) is 6.61 Å². The maximum absolute atomic E-state index is 5.60. The number of fused-ring (bicyclic) bond motifs is 1. The molecule has 0 radical (unpaired) electrons. The maximum atomic E-state index is 5.60. The third-order valence-corrected chi connectivity index (χ3v) is 2.78. The number of nitrogens with zero attached hydrogens (tertiary/aromatic N) is 1. The van der Waals surface area contributed by atoms with E-state index in [9.17, 15) is 0 Å². The molecule has 2 aromatic rings. The number of aromatic nitrogens is 1. The Labute approximate surface area is 100 Å². The third-order valence-electron chi connectivity index (χ3n) is 2.78. The van der Waals surface area contributed by atoms with Crippen molar-refractivity contribution in [2.45, 2.75) is 13.0 Å². The summed E-state index contributed by atoms with van der Waals surface area (Å²) in [4.78, 5) is 4.12. The van der Waals surface area contributed by atoms with Crippen molar-refractivity contribution < 1.29 is 9.47 Å². The van der Waals surface area contributed by atoms with Crippen LogP contribution in [0.4, 0.5) is 0 Å². The number of rotatable bonds is 3. The van der Waals surface area contributed by atoms with Crippen LogP contribution in [0.25, 0.3) is 0 Å². The fourth-order valence-electron chi connectivity index (χ4n) is 1.92. The summed E-state index contributed by atoms with van der Waals surface area (Å²) in [5.74, 6) is 1.66. The largest absolute Gasteiger partial charge is 0.493 e. The van der Waals surface area contributed by atoms with Gasteiger partial charge in [-0.15, -0.1) is 0 Å². The summed E-state index contributed by atoms with van der Waals surface area (Å²) in [6.07, 6.45) is 2.72. The smallest absolute Gasteiger partial charge is 0.213 e. The third kappa shape index (κ3) is 2.23. The highest BCUT2D eigenvalue weighted by molar-refractivity contribution is 5.39. The van der Waals surface area contributed by atoms with Crippen LogP contribution in [0.15, 0.2) is 42.6 Å². The van der Waals surface area contributed by atoms with Crippen LogP contribution in [0.5, 0.6) is 11.6 Å². The molecule has 3 rings (SSSR count). The van der Waals surface area contributed by atoms with Crippen molar-refractivity contribution in [3.05, 3.63) is 53.7 Å². The fourth-order valence-corrected chi connectivity index (χ4v) is 1.92. The molecule has 0 atom stereocenters. The van der Waals surface area contributed by atoms with E-state index in [0.717, 1.165) is 24.3 Å². The maximum Gasteiger partial charge on any atom is 0.213 e.